The molecular formula is C19H18Cl2N4O. The summed E-state index contributed by atoms with van der Waals surface area (Å²) in [5, 5.41) is 7.49. The summed E-state index contributed by atoms with van der Waals surface area (Å²) in [5.41, 5.74) is 2.41. The zero-order valence-electron chi connectivity index (χ0n) is 14.4. The fourth-order valence-electron chi connectivity index (χ4n) is 2.35. The highest BCUT2D eigenvalue weighted by Gasteiger charge is 2.06. The number of aryl methyl sites for hydroxylation is 1. The van der Waals surface area contributed by atoms with Crippen LogP contribution in [0.25, 0.3) is 0 Å². The second-order valence-corrected chi connectivity index (χ2v) is 6.39. The minimum atomic E-state index is 0.488. The molecule has 0 unspecified atom stereocenters. The maximum atomic E-state index is 6.21. The standard InChI is InChI=1S/C19H18Cl2N4O/c1-3-26-15-7-5-14(6-8-15)23-19-22-12(2)10-18(25-19)24-17-9-4-13(20)11-16(17)21/h4-11H,3H2,1-2H3,(H2,22,23,24,25). The summed E-state index contributed by atoms with van der Waals surface area (Å²) in [6.07, 6.45) is 0. The van der Waals surface area contributed by atoms with Crippen LogP contribution >= 0.6 is 23.2 Å². The molecule has 0 amide bonds. The molecule has 26 heavy (non-hydrogen) atoms. The van der Waals surface area contributed by atoms with E-state index in [9.17, 15) is 0 Å². The number of anilines is 4. The van der Waals surface area contributed by atoms with Gasteiger partial charge in [0, 0.05) is 22.5 Å². The van der Waals surface area contributed by atoms with Crippen molar-refractivity contribution in [1.82, 2.24) is 9.97 Å². The maximum absolute atomic E-state index is 6.21. The molecule has 0 fully saturated rings. The lowest BCUT2D eigenvalue weighted by atomic mass is 10.3. The molecule has 0 bridgehead atoms. The molecule has 3 rings (SSSR count). The number of hydrogen-bond acceptors (Lipinski definition) is 5. The third kappa shape index (κ3) is 4.77. The average Bonchev–Trinajstić information content (AvgIpc) is 2.59. The van der Waals surface area contributed by atoms with Crippen molar-refractivity contribution < 1.29 is 4.74 Å². The number of rotatable bonds is 6. The van der Waals surface area contributed by atoms with Gasteiger partial charge in [-0.3, -0.25) is 0 Å². The van der Waals surface area contributed by atoms with Crippen molar-refractivity contribution in [3.05, 3.63) is 64.3 Å². The molecule has 0 saturated carbocycles. The van der Waals surface area contributed by atoms with Crippen molar-refractivity contribution in [1.29, 1.82) is 0 Å². The monoisotopic (exact) mass is 388 g/mol. The molecule has 7 heteroatoms. The van der Waals surface area contributed by atoms with E-state index in [1.54, 1.807) is 12.1 Å². The first-order valence-corrected chi connectivity index (χ1v) is 8.86. The van der Waals surface area contributed by atoms with Crippen molar-refractivity contribution in [2.24, 2.45) is 0 Å². The first kappa shape index (κ1) is 18.3. The van der Waals surface area contributed by atoms with E-state index < -0.39 is 0 Å². The van der Waals surface area contributed by atoms with Crippen LogP contribution in [0.4, 0.5) is 23.1 Å². The Kier molecular flexibility index (Phi) is 5.81. The molecular weight excluding hydrogens is 371 g/mol. The van der Waals surface area contributed by atoms with Crippen molar-refractivity contribution in [3.63, 3.8) is 0 Å². The lowest BCUT2D eigenvalue weighted by Gasteiger charge is -2.11. The van der Waals surface area contributed by atoms with Crippen molar-refractivity contribution in [2.75, 3.05) is 17.2 Å². The van der Waals surface area contributed by atoms with E-state index >= 15 is 0 Å². The summed E-state index contributed by atoms with van der Waals surface area (Å²) in [7, 11) is 0. The summed E-state index contributed by atoms with van der Waals surface area (Å²) in [4.78, 5) is 8.91. The van der Waals surface area contributed by atoms with E-state index in [0.29, 0.717) is 28.4 Å². The molecule has 1 aromatic heterocycles. The van der Waals surface area contributed by atoms with Crippen LogP contribution in [0.5, 0.6) is 5.75 Å². The molecule has 0 atom stereocenters. The number of hydrogen-bond donors (Lipinski definition) is 2. The number of aromatic nitrogens is 2. The van der Waals surface area contributed by atoms with Crippen LogP contribution < -0.4 is 15.4 Å². The van der Waals surface area contributed by atoms with Crippen molar-refractivity contribution in [2.45, 2.75) is 13.8 Å². The molecule has 0 radical (unpaired) electrons. The molecule has 3 aromatic rings. The first-order chi connectivity index (χ1) is 12.5. The Labute approximate surface area is 162 Å². The fourth-order valence-corrected chi connectivity index (χ4v) is 2.80. The summed E-state index contributed by atoms with van der Waals surface area (Å²) < 4.78 is 5.44. The van der Waals surface area contributed by atoms with Gasteiger partial charge in [0.15, 0.2) is 0 Å². The smallest absolute Gasteiger partial charge is 0.229 e. The average molecular weight is 389 g/mol. The fraction of sp³-hybridized carbons (Fsp3) is 0.158. The quantitative estimate of drug-likeness (QED) is 0.543. The van der Waals surface area contributed by atoms with Gasteiger partial charge in [-0.1, -0.05) is 23.2 Å². The highest BCUT2D eigenvalue weighted by Crippen LogP contribution is 2.28. The number of ether oxygens (including phenoxy) is 1. The Morgan fingerprint density at radius 2 is 1.73 bits per heavy atom. The first-order valence-electron chi connectivity index (χ1n) is 8.11. The molecule has 5 nitrogen and oxygen atoms in total. The molecule has 1 heterocycles. The highest BCUT2D eigenvalue weighted by molar-refractivity contribution is 6.36. The van der Waals surface area contributed by atoms with Gasteiger partial charge in [-0.2, -0.15) is 4.98 Å². The third-order valence-corrected chi connectivity index (χ3v) is 4.02. The summed E-state index contributed by atoms with van der Waals surface area (Å²) in [6, 6.07) is 14.7. The molecule has 0 saturated heterocycles. The van der Waals surface area contributed by atoms with E-state index in [-0.39, 0.29) is 0 Å². The van der Waals surface area contributed by atoms with E-state index in [0.717, 1.165) is 22.8 Å². The molecule has 0 spiro atoms. The van der Waals surface area contributed by atoms with Gasteiger partial charge < -0.3 is 15.4 Å². The van der Waals surface area contributed by atoms with Gasteiger partial charge in [0.1, 0.15) is 11.6 Å². The Morgan fingerprint density at radius 1 is 0.962 bits per heavy atom. The zero-order chi connectivity index (χ0) is 18.5. The second-order valence-electron chi connectivity index (χ2n) is 5.55. The van der Waals surface area contributed by atoms with Gasteiger partial charge in [0.05, 0.1) is 17.3 Å². The van der Waals surface area contributed by atoms with E-state index in [1.165, 1.54) is 0 Å². The number of nitrogens with zero attached hydrogens (tertiary/aromatic N) is 2. The Balaban J connectivity index is 1.78. The minimum absolute atomic E-state index is 0.488. The summed E-state index contributed by atoms with van der Waals surface area (Å²) >= 11 is 12.1. The third-order valence-electron chi connectivity index (χ3n) is 3.47. The van der Waals surface area contributed by atoms with Crippen LogP contribution in [0.15, 0.2) is 48.5 Å². The van der Waals surface area contributed by atoms with Crippen LogP contribution in [0.2, 0.25) is 10.0 Å². The van der Waals surface area contributed by atoms with Crippen LogP contribution in [-0.4, -0.2) is 16.6 Å². The lowest BCUT2D eigenvalue weighted by Crippen LogP contribution is -2.02. The Bertz CT molecular complexity index is 901. The lowest BCUT2D eigenvalue weighted by molar-refractivity contribution is 0.340. The number of halogens is 2. The second kappa shape index (κ2) is 8.25. The number of nitrogens with one attached hydrogen (secondary N) is 2. The van der Waals surface area contributed by atoms with Gasteiger partial charge in [0.25, 0.3) is 0 Å². The van der Waals surface area contributed by atoms with E-state index in [4.69, 9.17) is 27.9 Å². The van der Waals surface area contributed by atoms with Gasteiger partial charge in [-0.15, -0.1) is 0 Å². The highest BCUT2D eigenvalue weighted by atomic mass is 35.5. The SMILES string of the molecule is CCOc1ccc(Nc2nc(C)cc(Nc3ccc(Cl)cc3Cl)n2)cc1. The van der Waals surface area contributed by atoms with Gasteiger partial charge in [0.2, 0.25) is 5.95 Å². The van der Waals surface area contributed by atoms with Gasteiger partial charge in [-0.25, -0.2) is 4.98 Å². The van der Waals surface area contributed by atoms with E-state index in [2.05, 4.69) is 20.6 Å². The maximum Gasteiger partial charge on any atom is 0.229 e. The Hall–Kier alpha value is -2.50. The van der Waals surface area contributed by atoms with Gasteiger partial charge in [-0.05, 0) is 56.3 Å². The molecule has 0 aliphatic heterocycles. The minimum Gasteiger partial charge on any atom is -0.494 e. The topological polar surface area (TPSA) is 59.1 Å². The molecule has 0 aliphatic carbocycles. The predicted octanol–water partition coefficient (Wildman–Crippen LogP) is 5.98. The Morgan fingerprint density at radius 3 is 2.42 bits per heavy atom. The molecule has 0 aliphatic rings. The molecule has 134 valence electrons. The molecule has 2 N–H and O–H groups in total. The number of benzene rings is 2. The van der Waals surface area contributed by atoms with Crippen LogP contribution in [0, 0.1) is 6.92 Å². The summed E-state index contributed by atoms with van der Waals surface area (Å²) in [6.45, 7) is 4.49. The largest absolute Gasteiger partial charge is 0.494 e. The zero-order valence-corrected chi connectivity index (χ0v) is 15.9. The van der Waals surface area contributed by atoms with Crippen LogP contribution in [-0.2, 0) is 0 Å². The predicted molar refractivity (Wildman–Crippen MR) is 107 cm³/mol. The normalized spacial score (nSPS) is 10.5. The summed E-state index contributed by atoms with van der Waals surface area (Å²) in [5.74, 6) is 1.94. The molecule has 2 aromatic carbocycles. The van der Waals surface area contributed by atoms with Crippen LogP contribution in [0.1, 0.15) is 12.6 Å². The van der Waals surface area contributed by atoms with Crippen molar-refractivity contribution in [3.8, 4) is 5.75 Å². The van der Waals surface area contributed by atoms with E-state index in [1.807, 2.05) is 50.2 Å². The van der Waals surface area contributed by atoms with Crippen molar-refractivity contribution >= 4 is 46.3 Å². The van der Waals surface area contributed by atoms with Crippen LogP contribution in [0.3, 0.4) is 0 Å². The van der Waals surface area contributed by atoms with Gasteiger partial charge >= 0.3 is 0 Å².